The monoisotopic (exact) mass is 386 g/mol. The second kappa shape index (κ2) is 13.5. The first kappa shape index (κ1) is 24.3. The Morgan fingerprint density at radius 2 is 1.88 bits per heavy atom. The molecule has 1 radical (unpaired) electrons. The van der Waals surface area contributed by atoms with Gasteiger partial charge in [-0.15, -0.1) is 0 Å². The molecular weight excluding hydrogens is 366 g/mol. The molecule has 0 aliphatic rings. The Hall–Kier alpha value is -1.96. The summed E-state index contributed by atoms with van der Waals surface area (Å²) >= 11 is 0. The smallest absolute Gasteiger partial charge is 0.872 e. The van der Waals surface area contributed by atoms with Crippen LogP contribution in [-0.4, -0.2) is 48.2 Å². The van der Waals surface area contributed by atoms with E-state index in [1.54, 1.807) is 0 Å². The summed E-state index contributed by atoms with van der Waals surface area (Å²) in [5.74, 6) is -1.34. The molecule has 0 amide bonds. The van der Waals surface area contributed by atoms with E-state index in [0.717, 1.165) is 26.6 Å². The molecule has 137 valence electrons. The van der Waals surface area contributed by atoms with Gasteiger partial charge in [0.25, 0.3) is 5.69 Å². The Kier molecular flexibility index (Phi) is 13.6. The number of carboxylic acids is 1. The third kappa shape index (κ3) is 10.7. The van der Waals surface area contributed by atoms with E-state index in [-0.39, 0.29) is 34.1 Å². The normalized spacial score (nSPS) is 10.0. The molecule has 0 aliphatic heterocycles. The molecule has 0 bridgehead atoms. The van der Waals surface area contributed by atoms with Gasteiger partial charge < -0.3 is 19.9 Å². The van der Waals surface area contributed by atoms with Gasteiger partial charge in [-0.05, 0) is 25.6 Å². The van der Waals surface area contributed by atoms with Crippen molar-refractivity contribution in [3.8, 4) is 5.75 Å². The zero-order valence-electron chi connectivity index (χ0n) is 13.8. The van der Waals surface area contributed by atoms with E-state index in [2.05, 4.69) is 23.7 Å². The van der Waals surface area contributed by atoms with Crippen molar-refractivity contribution in [1.82, 2.24) is 4.90 Å². The van der Waals surface area contributed by atoms with Gasteiger partial charge in [-0.2, -0.15) is 0 Å². The number of likely N-dealkylation sites (N-methyl/N-ethyl adjacent to an activating group) is 1. The number of carbonyl (C=O) groups excluding carboxylic acids is 1. The molecule has 24 heavy (non-hydrogen) atoms. The minimum absolute atomic E-state index is 0. The molecule has 0 unspecified atom stereocenters. The number of hydrogen-bond donors (Lipinski definition) is 0. The minimum Gasteiger partial charge on any atom is -0.872 e. The van der Waals surface area contributed by atoms with Gasteiger partial charge in [0, 0.05) is 30.9 Å². The predicted molar refractivity (Wildman–Crippen MR) is 83.5 cm³/mol. The van der Waals surface area contributed by atoms with Gasteiger partial charge in [0.15, 0.2) is 0 Å². The Bertz CT molecular complexity index is 544. The molecule has 1 aromatic rings. The summed E-state index contributed by atoms with van der Waals surface area (Å²) in [7, 11) is 0. The standard InChI is InChI=1S/C13H19N3O3.C2H4O2.Cu/c1-3-15(4-2)8-7-14-10-11-9-12(16(18)19)5-6-13(11)17;1-2(3)4;/h5-6,9-10,17H,3-4,7-8H2,1-2H3;1H3,(H,3,4);/q;;+2/p-2. The number of hydrogen-bond acceptors (Lipinski definition) is 7. The molecule has 0 aliphatic carbocycles. The zero-order valence-corrected chi connectivity index (χ0v) is 14.8. The fraction of sp³-hybridized carbons (Fsp3) is 0.467. The second-order valence-electron chi connectivity index (χ2n) is 4.53. The molecule has 0 heterocycles. The molecule has 0 spiro atoms. The zero-order chi connectivity index (χ0) is 17.8. The van der Waals surface area contributed by atoms with Gasteiger partial charge in [-0.25, -0.2) is 0 Å². The Morgan fingerprint density at radius 3 is 2.33 bits per heavy atom. The summed E-state index contributed by atoms with van der Waals surface area (Å²) in [6, 6.07) is 3.66. The molecule has 8 nitrogen and oxygen atoms in total. The second-order valence-corrected chi connectivity index (χ2v) is 4.53. The molecular formula is C15H21CuN3O5. The van der Waals surface area contributed by atoms with Crippen LogP contribution in [-0.2, 0) is 21.9 Å². The summed E-state index contributed by atoms with van der Waals surface area (Å²) in [6.07, 6.45) is 1.42. The van der Waals surface area contributed by atoms with Crippen LogP contribution in [0.2, 0.25) is 0 Å². The van der Waals surface area contributed by atoms with Crippen LogP contribution < -0.4 is 10.2 Å². The average Bonchev–Trinajstić information content (AvgIpc) is 2.48. The fourth-order valence-corrected chi connectivity index (χ4v) is 1.65. The van der Waals surface area contributed by atoms with Crippen molar-refractivity contribution in [2.75, 3.05) is 26.2 Å². The first-order valence-electron chi connectivity index (χ1n) is 7.17. The van der Waals surface area contributed by atoms with Crippen molar-refractivity contribution in [2.24, 2.45) is 4.99 Å². The van der Waals surface area contributed by atoms with Crippen molar-refractivity contribution in [1.29, 1.82) is 0 Å². The number of rotatable bonds is 7. The number of aliphatic imine (C=N–C) groups is 1. The van der Waals surface area contributed by atoms with E-state index in [4.69, 9.17) is 9.90 Å². The van der Waals surface area contributed by atoms with Crippen molar-refractivity contribution in [2.45, 2.75) is 20.8 Å². The minimum atomic E-state index is -1.08. The predicted octanol–water partition coefficient (Wildman–Crippen LogP) is 0.183. The van der Waals surface area contributed by atoms with E-state index in [0.29, 0.717) is 6.54 Å². The number of carbonyl (C=O) groups is 1. The van der Waals surface area contributed by atoms with Crippen molar-refractivity contribution >= 4 is 17.9 Å². The van der Waals surface area contributed by atoms with Crippen LogP contribution in [0.3, 0.4) is 0 Å². The van der Waals surface area contributed by atoms with E-state index in [1.165, 1.54) is 24.4 Å². The molecule has 9 heteroatoms. The molecule has 1 rings (SSSR count). The fourth-order valence-electron chi connectivity index (χ4n) is 1.65. The van der Waals surface area contributed by atoms with Crippen LogP contribution in [0.15, 0.2) is 23.2 Å². The molecule has 0 N–H and O–H groups in total. The maximum absolute atomic E-state index is 11.5. The van der Waals surface area contributed by atoms with Crippen LogP contribution in [0, 0.1) is 10.1 Å². The van der Waals surface area contributed by atoms with Gasteiger partial charge in [0.05, 0.1) is 11.5 Å². The van der Waals surface area contributed by atoms with Gasteiger partial charge in [-0.3, -0.25) is 15.1 Å². The number of nitro groups is 1. The maximum Gasteiger partial charge on any atom is 2.00 e. The number of nitrogens with zero attached hydrogens (tertiary/aromatic N) is 3. The van der Waals surface area contributed by atoms with Gasteiger partial charge in [0.2, 0.25) is 0 Å². The molecule has 0 aromatic heterocycles. The number of non-ortho nitro benzene ring substituents is 1. The van der Waals surface area contributed by atoms with Crippen LogP contribution in [0.4, 0.5) is 5.69 Å². The van der Waals surface area contributed by atoms with E-state index in [9.17, 15) is 15.2 Å². The van der Waals surface area contributed by atoms with Crippen LogP contribution in [0.5, 0.6) is 5.75 Å². The first-order valence-corrected chi connectivity index (χ1v) is 7.17. The third-order valence-electron chi connectivity index (χ3n) is 2.87. The third-order valence-corrected chi connectivity index (χ3v) is 2.87. The summed E-state index contributed by atoms with van der Waals surface area (Å²) in [4.78, 5) is 25.3. The van der Waals surface area contributed by atoms with Crippen molar-refractivity contribution in [3.63, 3.8) is 0 Å². The summed E-state index contributed by atoms with van der Waals surface area (Å²) < 4.78 is 0. The number of nitro benzene ring substituents is 1. The van der Waals surface area contributed by atoms with Crippen LogP contribution >= 0.6 is 0 Å². The quantitative estimate of drug-likeness (QED) is 0.285. The number of aliphatic carboxylic acids is 1. The summed E-state index contributed by atoms with van der Waals surface area (Å²) in [6.45, 7) is 8.41. The van der Waals surface area contributed by atoms with Crippen LogP contribution in [0.25, 0.3) is 0 Å². The molecule has 0 atom stereocenters. The van der Waals surface area contributed by atoms with E-state index in [1.807, 2.05) is 0 Å². The molecule has 1 aromatic carbocycles. The molecule has 0 saturated heterocycles. The van der Waals surface area contributed by atoms with Gasteiger partial charge >= 0.3 is 17.1 Å². The average molecular weight is 387 g/mol. The number of carboxylic acid groups (broad SMARTS) is 1. The van der Waals surface area contributed by atoms with Crippen LogP contribution in [0.1, 0.15) is 26.3 Å². The topological polar surface area (TPSA) is 122 Å². The Balaban J connectivity index is 0. The number of benzene rings is 1. The Labute approximate surface area is 151 Å². The summed E-state index contributed by atoms with van der Waals surface area (Å²) in [5.41, 5.74) is 0.165. The van der Waals surface area contributed by atoms with Gasteiger partial charge in [-0.1, -0.05) is 25.7 Å². The van der Waals surface area contributed by atoms with Crippen molar-refractivity contribution < 1.29 is 37.0 Å². The van der Waals surface area contributed by atoms with E-state index < -0.39 is 10.9 Å². The maximum atomic E-state index is 11.5. The van der Waals surface area contributed by atoms with E-state index >= 15 is 0 Å². The first-order chi connectivity index (χ1) is 10.8. The van der Waals surface area contributed by atoms with Crippen molar-refractivity contribution in [3.05, 3.63) is 33.9 Å². The Morgan fingerprint density at radius 1 is 1.33 bits per heavy atom. The summed E-state index contributed by atoms with van der Waals surface area (Å²) in [5, 5.41) is 31.0. The van der Waals surface area contributed by atoms with Gasteiger partial charge in [0.1, 0.15) is 0 Å². The molecule has 0 fully saturated rings. The SMILES string of the molecule is CC(=O)[O-].CCN(CC)CCN=Cc1cc([N+](=O)[O-])ccc1[O-].[Cu+2]. The molecule has 0 saturated carbocycles. The largest absolute Gasteiger partial charge is 2.00 e.